The summed E-state index contributed by atoms with van der Waals surface area (Å²) in [5.41, 5.74) is 9.27. The van der Waals surface area contributed by atoms with E-state index in [9.17, 15) is 9.90 Å². The van der Waals surface area contributed by atoms with Crippen LogP contribution in [0.25, 0.3) is 28.1 Å². The number of hydrogen-bond acceptors (Lipinski definition) is 4. The Morgan fingerprint density at radius 1 is 1.19 bits per heavy atom. The Morgan fingerprint density at radius 3 is 2.94 bits per heavy atom. The second-order valence-corrected chi connectivity index (χ2v) is 8.42. The lowest BCUT2D eigenvalue weighted by atomic mass is 9.94. The average molecular weight is 425 g/mol. The first-order valence-electron chi connectivity index (χ1n) is 10.9. The van der Waals surface area contributed by atoms with E-state index in [1.165, 1.54) is 34.8 Å². The highest BCUT2D eigenvalue weighted by atomic mass is 16.4. The summed E-state index contributed by atoms with van der Waals surface area (Å²) in [6.45, 7) is 0.979. The van der Waals surface area contributed by atoms with Crippen molar-refractivity contribution in [1.82, 2.24) is 19.7 Å². The van der Waals surface area contributed by atoms with Gasteiger partial charge in [-0.3, -0.25) is 9.67 Å². The molecule has 7 nitrogen and oxygen atoms in total. The average Bonchev–Trinajstić information content (AvgIpc) is 3.38. The minimum Gasteiger partial charge on any atom is -0.478 e. The lowest BCUT2D eigenvalue weighted by Crippen LogP contribution is -2.29. The van der Waals surface area contributed by atoms with Crippen LogP contribution in [0.2, 0.25) is 0 Å². The number of nitrogens with zero attached hydrogens (tertiary/aromatic N) is 4. The van der Waals surface area contributed by atoms with Gasteiger partial charge in [0.2, 0.25) is 0 Å². The van der Waals surface area contributed by atoms with Gasteiger partial charge in [-0.15, -0.1) is 0 Å². The zero-order valence-corrected chi connectivity index (χ0v) is 17.8. The molecule has 2 aliphatic rings. The van der Waals surface area contributed by atoms with Gasteiger partial charge in [-0.05, 0) is 49.4 Å². The van der Waals surface area contributed by atoms with Crippen molar-refractivity contribution in [2.75, 3.05) is 11.4 Å². The van der Waals surface area contributed by atoms with Crippen LogP contribution in [0.3, 0.4) is 0 Å². The van der Waals surface area contributed by atoms with Gasteiger partial charge in [-0.2, -0.15) is 5.10 Å². The first-order chi connectivity index (χ1) is 15.6. The number of H-pyrrole nitrogens is 1. The summed E-state index contributed by atoms with van der Waals surface area (Å²) in [7, 11) is 1.95. The molecule has 0 radical (unpaired) electrons. The number of carbonyl (C=O) groups is 1. The summed E-state index contributed by atoms with van der Waals surface area (Å²) in [5, 5.41) is 14.5. The van der Waals surface area contributed by atoms with Gasteiger partial charge in [-0.25, -0.2) is 4.79 Å². The molecule has 0 saturated carbocycles. The van der Waals surface area contributed by atoms with Gasteiger partial charge >= 0.3 is 5.97 Å². The minimum atomic E-state index is -0.966. The van der Waals surface area contributed by atoms with Crippen LogP contribution in [0.4, 0.5) is 5.69 Å². The Bertz CT molecular complexity index is 1410. The van der Waals surface area contributed by atoms with Gasteiger partial charge in [0.05, 0.1) is 33.7 Å². The largest absolute Gasteiger partial charge is 0.478 e. The first-order valence-corrected chi connectivity index (χ1v) is 10.9. The molecule has 7 heteroatoms. The maximum Gasteiger partial charge on any atom is 0.337 e. The van der Waals surface area contributed by atoms with Crippen molar-refractivity contribution in [3.63, 3.8) is 0 Å². The number of carboxylic acids is 1. The lowest BCUT2D eigenvalue weighted by molar-refractivity contribution is 0.0698. The number of aromatic amines is 1. The van der Waals surface area contributed by atoms with Gasteiger partial charge in [0.1, 0.15) is 5.69 Å². The van der Waals surface area contributed by atoms with Crippen molar-refractivity contribution in [3.05, 3.63) is 71.1 Å². The predicted octanol–water partition coefficient (Wildman–Crippen LogP) is 4.40. The Kier molecular flexibility index (Phi) is 4.18. The summed E-state index contributed by atoms with van der Waals surface area (Å²) in [4.78, 5) is 21.7. The number of hydrogen-bond donors (Lipinski definition) is 2. The molecule has 160 valence electrons. The molecule has 0 spiro atoms. The highest BCUT2D eigenvalue weighted by Crippen LogP contribution is 2.40. The molecule has 0 bridgehead atoms. The van der Waals surface area contributed by atoms with E-state index in [4.69, 9.17) is 5.10 Å². The van der Waals surface area contributed by atoms with Crippen LogP contribution in [-0.4, -0.2) is 37.4 Å². The highest BCUT2D eigenvalue weighted by Gasteiger charge is 2.29. The van der Waals surface area contributed by atoms with Crippen LogP contribution in [0, 0.1) is 0 Å². The topological polar surface area (TPSA) is 87.0 Å². The molecule has 1 aliphatic heterocycles. The molecular weight excluding hydrogens is 402 g/mol. The summed E-state index contributed by atoms with van der Waals surface area (Å²) in [5.74, 6) is -0.966. The fourth-order valence-corrected chi connectivity index (χ4v) is 5.15. The smallest absolute Gasteiger partial charge is 0.337 e. The molecule has 1 aliphatic carbocycles. The number of allylic oxidation sites excluding steroid dienone is 1. The first kappa shape index (κ1) is 18.9. The highest BCUT2D eigenvalue weighted by molar-refractivity contribution is 6.02. The van der Waals surface area contributed by atoms with Gasteiger partial charge in [-0.1, -0.05) is 24.3 Å². The van der Waals surface area contributed by atoms with Crippen LogP contribution in [0.15, 0.2) is 48.7 Å². The maximum atomic E-state index is 11.7. The summed E-state index contributed by atoms with van der Waals surface area (Å²) >= 11 is 0. The third kappa shape index (κ3) is 2.77. The molecule has 0 saturated heterocycles. The number of carboxylic acid groups (broad SMARTS) is 1. The number of pyridine rings is 1. The third-order valence-electron chi connectivity index (χ3n) is 6.53. The molecule has 2 N–H and O–H groups in total. The Morgan fingerprint density at radius 2 is 2.06 bits per heavy atom. The summed E-state index contributed by atoms with van der Waals surface area (Å²) in [6, 6.07) is 12.1. The molecule has 0 fully saturated rings. The summed E-state index contributed by atoms with van der Waals surface area (Å²) in [6.07, 6.45) is 7.90. The van der Waals surface area contributed by atoms with E-state index < -0.39 is 5.97 Å². The van der Waals surface area contributed by atoms with Crippen LogP contribution in [0.5, 0.6) is 0 Å². The molecule has 4 heterocycles. The predicted molar refractivity (Wildman–Crippen MR) is 124 cm³/mol. The van der Waals surface area contributed by atoms with E-state index >= 15 is 0 Å². The number of aromatic nitrogens is 4. The van der Waals surface area contributed by atoms with Gasteiger partial charge in [0.15, 0.2) is 0 Å². The summed E-state index contributed by atoms with van der Waals surface area (Å²) < 4.78 is 1.91. The standard InChI is InChI=1S/C25H23N5O2/c1-29-24(19-14-18-22(27-19)17(25(31)32)11-12-26-18)16-8-4-10-21(23(16)28-29)30-13-5-7-15-6-2-3-9-20(15)30/h2-3,6,9-12,14,27H,4-5,7-8,13H2,1H3,(H,31,32). The van der Waals surface area contributed by atoms with Gasteiger partial charge in [0, 0.05) is 31.0 Å². The fourth-order valence-electron chi connectivity index (χ4n) is 5.15. The van der Waals surface area contributed by atoms with Crippen LogP contribution in [-0.2, 0) is 19.9 Å². The fraction of sp³-hybridized carbons (Fsp3) is 0.240. The maximum absolute atomic E-state index is 11.7. The zero-order chi connectivity index (χ0) is 21.8. The molecule has 6 rings (SSSR count). The molecular formula is C25H23N5O2. The molecule has 0 amide bonds. The molecule has 4 aromatic rings. The molecule has 3 aromatic heterocycles. The molecule has 1 aromatic carbocycles. The minimum absolute atomic E-state index is 0.225. The number of aromatic carboxylic acids is 1. The van der Waals surface area contributed by atoms with Crippen LogP contribution < -0.4 is 4.90 Å². The van der Waals surface area contributed by atoms with Crippen molar-refractivity contribution in [1.29, 1.82) is 0 Å². The normalized spacial score (nSPS) is 15.4. The van der Waals surface area contributed by atoms with Crippen molar-refractivity contribution in [3.8, 4) is 11.4 Å². The van der Waals surface area contributed by atoms with Gasteiger partial charge < -0.3 is 15.0 Å². The van der Waals surface area contributed by atoms with Crippen LogP contribution in [0.1, 0.15) is 40.0 Å². The Hall–Kier alpha value is -3.87. The van der Waals surface area contributed by atoms with E-state index in [1.807, 2.05) is 17.8 Å². The van der Waals surface area contributed by atoms with Crippen molar-refractivity contribution < 1.29 is 9.90 Å². The molecule has 0 unspecified atom stereocenters. The molecule has 32 heavy (non-hydrogen) atoms. The number of nitrogens with one attached hydrogen (secondary N) is 1. The van der Waals surface area contributed by atoms with Crippen molar-refractivity contribution in [2.24, 2.45) is 7.05 Å². The van der Waals surface area contributed by atoms with E-state index in [0.29, 0.717) is 11.0 Å². The van der Waals surface area contributed by atoms with Crippen LogP contribution >= 0.6 is 0 Å². The zero-order valence-electron chi connectivity index (χ0n) is 17.8. The molecule has 0 atom stereocenters. The Labute approximate surface area is 185 Å². The lowest BCUT2D eigenvalue weighted by Gasteiger charge is -2.34. The monoisotopic (exact) mass is 425 g/mol. The number of anilines is 1. The van der Waals surface area contributed by atoms with E-state index in [-0.39, 0.29) is 5.56 Å². The van der Waals surface area contributed by atoms with E-state index in [0.717, 1.165) is 49.3 Å². The third-order valence-corrected chi connectivity index (χ3v) is 6.53. The number of para-hydroxylation sites is 1. The van der Waals surface area contributed by atoms with Crippen molar-refractivity contribution >= 4 is 28.4 Å². The van der Waals surface area contributed by atoms with Gasteiger partial charge in [0.25, 0.3) is 0 Å². The number of benzene rings is 1. The quantitative estimate of drug-likeness (QED) is 0.508. The number of fused-ring (bicyclic) bond motifs is 3. The van der Waals surface area contributed by atoms with E-state index in [2.05, 4.69) is 45.2 Å². The van der Waals surface area contributed by atoms with Crippen molar-refractivity contribution in [2.45, 2.75) is 25.7 Å². The second-order valence-electron chi connectivity index (χ2n) is 8.42. The number of aryl methyl sites for hydroxylation is 2. The Balaban J connectivity index is 1.48. The van der Waals surface area contributed by atoms with E-state index in [1.54, 1.807) is 0 Å². The second kappa shape index (κ2) is 7.09. The number of rotatable bonds is 3. The SMILES string of the molecule is Cn1nc2c(c1-c1cc3nccc(C(=O)O)c3[nH]1)CCC=C2N1CCCc2ccccc21.